The first-order chi connectivity index (χ1) is 8.59. The zero-order valence-corrected chi connectivity index (χ0v) is 12.0. The van der Waals surface area contributed by atoms with Crippen molar-refractivity contribution in [2.24, 2.45) is 0 Å². The number of halogens is 1. The third kappa shape index (κ3) is 2.82. The minimum absolute atomic E-state index is 0.0935. The maximum Gasteiger partial charge on any atom is 0.326 e. The number of rotatable bonds is 3. The summed E-state index contributed by atoms with van der Waals surface area (Å²) in [5.41, 5.74) is 0.958. The van der Waals surface area contributed by atoms with Gasteiger partial charge in [0.15, 0.2) is 0 Å². The van der Waals surface area contributed by atoms with Crippen molar-refractivity contribution in [1.29, 1.82) is 0 Å². The molecule has 1 aromatic rings. The van der Waals surface area contributed by atoms with Gasteiger partial charge in [-0.25, -0.2) is 4.79 Å². The van der Waals surface area contributed by atoms with Gasteiger partial charge in [0, 0.05) is 10.1 Å². The summed E-state index contributed by atoms with van der Waals surface area (Å²) in [5, 5.41) is 9.06. The van der Waals surface area contributed by atoms with Gasteiger partial charge < -0.3 is 10.0 Å². The van der Waals surface area contributed by atoms with Crippen LogP contribution in [0.15, 0.2) is 24.3 Å². The van der Waals surface area contributed by atoms with E-state index in [4.69, 9.17) is 5.11 Å². The van der Waals surface area contributed by atoms with E-state index in [1.54, 1.807) is 0 Å². The maximum atomic E-state index is 12.1. The maximum absolute atomic E-state index is 12.1. The summed E-state index contributed by atoms with van der Waals surface area (Å²) in [6.45, 7) is 0.555. The second kappa shape index (κ2) is 5.69. The molecule has 1 saturated heterocycles. The van der Waals surface area contributed by atoms with Crippen LogP contribution in [-0.2, 0) is 16.0 Å². The van der Waals surface area contributed by atoms with Gasteiger partial charge in [0.25, 0.3) is 0 Å². The van der Waals surface area contributed by atoms with Crippen molar-refractivity contribution < 1.29 is 14.7 Å². The monoisotopic (exact) mass is 359 g/mol. The van der Waals surface area contributed by atoms with Crippen molar-refractivity contribution >= 4 is 34.5 Å². The number of hydrogen-bond acceptors (Lipinski definition) is 2. The molecular weight excluding hydrogens is 345 g/mol. The van der Waals surface area contributed by atoms with Crippen molar-refractivity contribution in [2.75, 3.05) is 6.54 Å². The molecule has 0 spiro atoms. The molecule has 0 aliphatic carbocycles. The molecule has 2 rings (SSSR count). The van der Waals surface area contributed by atoms with Crippen LogP contribution in [0.25, 0.3) is 0 Å². The van der Waals surface area contributed by atoms with Crippen LogP contribution in [0.4, 0.5) is 0 Å². The molecule has 1 aromatic carbocycles. The molecule has 0 radical (unpaired) electrons. The van der Waals surface area contributed by atoms with Gasteiger partial charge in [-0.3, -0.25) is 4.79 Å². The van der Waals surface area contributed by atoms with E-state index in [0.29, 0.717) is 13.0 Å². The lowest BCUT2D eigenvalue weighted by molar-refractivity contribution is -0.148. The average molecular weight is 359 g/mol. The molecule has 0 saturated carbocycles. The highest BCUT2D eigenvalue weighted by Crippen LogP contribution is 2.20. The van der Waals surface area contributed by atoms with Crippen molar-refractivity contribution in [2.45, 2.75) is 25.3 Å². The lowest BCUT2D eigenvalue weighted by Gasteiger charge is -2.21. The van der Waals surface area contributed by atoms with Crippen LogP contribution in [0.3, 0.4) is 0 Å². The summed E-state index contributed by atoms with van der Waals surface area (Å²) in [7, 11) is 0. The van der Waals surface area contributed by atoms with Gasteiger partial charge in [-0.15, -0.1) is 0 Å². The van der Waals surface area contributed by atoms with Crippen LogP contribution in [0.5, 0.6) is 0 Å². The van der Waals surface area contributed by atoms with E-state index >= 15 is 0 Å². The SMILES string of the molecule is O=C(O)[C@H]1CCCN1C(=O)Cc1ccccc1I. The van der Waals surface area contributed by atoms with Gasteiger partial charge in [-0.2, -0.15) is 0 Å². The van der Waals surface area contributed by atoms with Crippen LogP contribution in [0, 0.1) is 3.57 Å². The standard InChI is InChI=1S/C13H14INO3/c14-10-5-2-1-4-9(10)8-12(16)15-7-3-6-11(15)13(17)18/h1-2,4-5,11H,3,6-8H2,(H,17,18)/t11-/m1/s1. The molecule has 1 aliphatic heterocycles. The molecule has 0 unspecified atom stereocenters. The van der Waals surface area contributed by atoms with Crippen LogP contribution < -0.4 is 0 Å². The van der Waals surface area contributed by atoms with Crippen LogP contribution in [0.1, 0.15) is 18.4 Å². The Morgan fingerprint density at radius 2 is 2.11 bits per heavy atom. The lowest BCUT2D eigenvalue weighted by Crippen LogP contribution is -2.41. The van der Waals surface area contributed by atoms with Crippen molar-refractivity contribution in [1.82, 2.24) is 4.90 Å². The largest absolute Gasteiger partial charge is 0.480 e. The highest BCUT2D eigenvalue weighted by atomic mass is 127. The van der Waals surface area contributed by atoms with Gasteiger partial charge in [0.1, 0.15) is 6.04 Å². The molecule has 1 N–H and O–H groups in total. The van der Waals surface area contributed by atoms with E-state index in [1.807, 2.05) is 24.3 Å². The summed E-state index contributed by atoms with van der Waals surface area (Å²) < 4.78 is 1.04. The summed E-state index contributed by atoms with van der Waals surface area (Å²) in [6, 6.07) is 7.03. The molecule has 1 aliphatic rings. The average Bonchev–Trinajstić information content (AvgIpc) is 2.81. The lowest BCUT2D eigenvalue weighted by atomic mass is 10.1. The van der Waals surface area contributed by atoms with Crippen molar-refractivity contribution in [3.05, 3.63) is 33.4 Å². The highest BCUT2D eigenvalue weighted by Gasteiger charge is 2.33. The minimum Gasteiger partial charge on any atom is -0.480 e. The van der Waals surface area contributed by atoms with Gasteiger partial charge in [-0.1, -0.05) is 18.2 Å². The minimum atomic E-state index is -0.899. The Morgan fingerprint density at radius 3 is 2.78 bits per heavy atom. The normalized spacial score (nSPS) is 18.9. The fourth-order valence-electron chi connectivity index (χ4n) is 2.23. The topological polar surface area (TPSA) is 57.6 Å². The summed E-state index contributed by atoms with van der Waals surface area (Å²) in [6.07, 6.45) is 1.62. The van der Waals surface area contributed by atoms with E-state index in [0.717, 1.165) is 15.6 Å². The van der Waals surface area contributed by atoms with Crippen LogP contribution >= 0.6 is 22.6 Å². The van der Waals surface area contributed by atoms with E-state index < -0.39 is 12.0 Å². The first kappa shape index (κ1) is 13.3. The Labute approximate surface area is 119 Å². The Kier molecular flexibility index (Phi) is 4.21. The molecule has 1 amide bonds. The van der Waals surface area contributed by atoms with Gasteiger partial charge in [0.2, 0.25) is 5.91 Å². The molecule has 0 bridgehead atoms. The van der Waals surface area contributed by atoms with Crippen LogP contribution in [-0.4, -0.2) is 34.5 Å². The molecule has 5 heteroatoms. The molecule has 0 aromatic heterocycles. The number of carbonyl (C=O) groups is 2. The molecule has 1 fully saturated rings. The predicted molar refractivity (Wildman–Crippen MR) is 75.2 cm³/mol. The number of carbonyl (C=O) groups excluding carboxylic acids is 1. The van der Waals surface area contributed by atoms with E-state index in [9.17, 15) is 9.59 Å². The Balaban J connectivity index is 2.08. The summed E-state index contributed by atoms with van der Waals surface area (Å²) in [4.78, 5) is 24.7. The van der Waals surface area contributed by atoms with Gasteiger partial charge >= 0.3 is 5.97 Å². The zero-order valence-electron chi connectivity index (χ0n) is 9.80. The number of amides is 1. The quantitative estimate of drug-likeness (QED) is 0.839. The van der Waals surface area contributed by atoms with E-state index in [2.05, 4.69) is 22.6 Å². The fourth-order valence-corrected chi connectivity index (χ4v) is 2.81. The number of hydrogen-bond donors (Lipinski definition) is 1. The van der Waals surface area contributed by atoms with Gasteiger partial charge in [0.05, 0.1) is 6.42 Å². The van der Waals surface area contributed by atoms with Crippen LogP contribution in [0.2, 0.25) is 0 Å². The number of nitrogens with zero attached hydrogens (tertiary/aromatic N) is 1. The number of carboxylic acid groups (broad SMARTS) is 1. The first-order valence-corrected chi connectivity index (χ1v) is 6.93. The van der Waals surface area contributed by atoms with Crippen molar-refractivity contribution in [3.8, 4) is 0 Å². The Bertz CT molecular complexity index is 475. The summed E-state index contributed by atoms with van der Waals surface area (Å²) in [5.74, 6) is -0.993. The molecular formula is C13H14INO3. The second-order valence-corrected chi connectivity index (χ2v) is 5.51. The zero-order chi connectivity index (χ0) is 13.1. The highest BCUT2D eigenvalue weighted by molar-refractivity contribution is 14.1. The number of carboxylic acids is 1. The molecule has 4 nitrogen and oxygen atoms in total. The predicted octanol–water partition coefficient (Wildman–Crippen LogP) is 1.91. The molecule has 1 heterocycles. The Hall–Kier alpha value is -1.11. The third-order valence-corrected chi connectivity index (χ3v) is 4.21. The number of benzene rings is 1. The second-order valence-electron chi connectivity index (χ2n) is 4.35. The first-order valence-electron chi connectivity index (χ1n) is 5.85. The third-order valence-electron chi connectivity index (χ3n) is 3.16. The Morgan fingerprint density at radius 1 is 1.39 bits per heavy atom. The molecule has 18 heavy (non-hydrogen) atoms. The fraction of sp³-hybridized carbons (Fsp3) is 0.385. The summed E-state index contributed by atoms with van der Waals surface area (Å²) >= 11 is 2.19. The number of likely N-dealkylation sites (tertiary alicyclic amines) is 1. The number of aliphatic carboxylic acids is 1. The molecule has 1 atom stereocenters. The van der Waals surface area contributed by atoms with Crippen molar-refractivity contribution in [3.63, 3.8) is 0 Å². The van der Waals surface area contributed by atoms with E-state index in [1.165, 1.54) is 4.90 Å². The van der Waals surface area contributed by atoms with E-state index in [-0.39, 0.29) is 12.3 Å². The molecule has 96 valence electrons. The smallest absolute Gasteiger partial charge is 0.326 e. The van der Waals surface area contributed by atoms with Gasteiger partial charge in [-0.05, 0) is 47.1 Å².